The maximum atomic E-state index is 14.1. The fourth-order valence-electron chi connectivity index (χ4n) is 2.67. The number of amides is 1. The standard InChI is InChI=1S/C21H15FN2O2S/c1-13-9-10-16(15(22)12-13)23-20(25)19-18(14-6-3-2-4-7-14)24-21(27-19)17-8-5-11-26-17/h2-12H,1H3,(H,23,25). The molecule has 0 unspecified atom stereocenters. The van der Waals surface area contributed by atoms with E-state index < -0.39 is 11.7 Å². The van der Waals surface area contributed by atoms with Crippen molar-refractivity contribution in [3.63, 3.8) is 0 Å². The molecule has 0 fully saturated rings. The molecular formula is C21H15FN2O2S. The number of aryl methyl sites for hydroxylation is 1. The Balaban J connectivity index is 1.75. The monoisotopic (exact) mass is 378 g/mol. The number of carbonyl (C=O) groups excluding carboxylic acids is 1. The van der Waals surface area contributed by atoms with E-state index in [1.165, 1.54) is 17.4 Å². The van der Waals surface area contributed by atoms with Crippen molar-refractivity contribution in [2.24, 2.45) is 0 Å². The Labute approximate surface area is 159 Å². The van der Waals surface area contributed by atoms with Crippen molar-refractivity contribution < 1.29 is 13.6 Å². The summed E-state index contributed by atoms with van der Waals surface area (Å²) in [6, 6.07) is 17.6. The molecule has 2 aromatic heterocycles. The lowest BCUT2D eigenvalue weighted by molar-refractivity contribution is 0.103. The smallest absolute Gasteiger partial charge is 0.268 e. The van der Waals surface area contributed by atoms with Gasteiger partial charge in [-0.15, -0.1) is 11.3 Å². The number of anilines is 1. The molecule has 0 bridgehead atoms. The van der Waals surface area contributed by atoms with Crippen LogP contribution in [-0.4, -0.2) is 10.9 Å². The van der Waals surface area contributed by atoms with Crippen LogP contribution in [0.4, 0.5) is 10.1 Å². The van der Waals surface area contributed by atoms with E-state index in [0.29, 0.717) is 21.3 Å². The van der Waals surface area contributed by atoms with Gasteiger partial charge in [-0.05, 0) is 36.8 Å². The third-order valence-electron chi connectivity index (χ3n) is 3.99. The molecule has 0 atom stereocenters. The number of hydrogen-bond acceptors (Lipinski definition) is 4. The van der Waals surface area contributed by atoms with Gasteiger partial charge in [0.2, 0.25) is 0 Å². The van der Waals surface area contributed by atoms with Crippen molar-refractivity contribution in [3.8, 4) is 22.0 Å². The summed E-state index contributed by atoms with van der Waals surface area (Å²) in [5.41, 5.74) is 2.27. The van der Waals surface area contributed by atoms with E-state index in [0.717, 1.165) is 11.1 Å². The maximum Gasteiger partial charge on any atom is 0.268 e. The minimum absolute atomic E-state index is 0.137. The van der Waals surface area contributed by atoms with Crippen LogP contribution >= 0.6 is 11.3 Å². The van der Waals surface area contributed by atoms with Gasteiger partial charge in [0.25, 0.3) is 5.91 Å². The molecule has 4 aromatic rings. The van der Waals surface area contributed by atoms with Crippen LogP contribution in [0.1, 0.15) is 15.2 Å². The van der Waals surface area contributed by atoms with Crippen LogP contribution in [0.25, 0.3) is 22.0 Å². The fraction of sp³-hybridized carbons (Fsp3) is 0.0476. The quantitative estimate of drug-likeness (QED) is 0.490. The lowest BCUT2D eigenvalue weighted by atomic mass is 10.1. The number of nitrogens with zero attached hydrogens (tertiary/aromatic N) is 1. The highest BCUT2D eigenvalue weighted by molar-refractivity contribution is 7.17. The van der Waals surface area contributed by atoms with Crippen molar-refractivity contribution >= 4 is 22.9 Å². The molecule has 4 rings (SSSR count). The Morgan fingerprint density at radius 3 is 2.63 bits per heavy atom. The molecule has 0 saturated heterocycles. The van der Waals surface area contributed by atoms with E-state index in [1.54, 1.807) is 37.5 Å². The zero-order chi connectivity index (χ0) is 18.8. The van der Waals surface area contributed by atoms with Crippen molar-refractivity contribution in [1.82, 2.24) is 4.98 Å². The van der Waals surface area contributed by atoms with Crippen molar-refractivity contribution in [3.05, 3.63) is 83.2 Å². The second-order valence-corrected chi connectivity index (χ2v) is 6.98. The van der Waals surface area contributed by atoms with Crippen LogP contribution < -0.4 is 5.32 Å². The maximum absolute atomic E-state index is 14.1. The molecule has 27 heavy (non-hydrogen) atoms. The van der Waals surface area contributed by atoms with Crippen LogP contribution in [0, 0.1) is 12.7 Å². The van der Waals surface area contributed by atoms with E-state index in [9.17, 15) is 9.18 Å². The second-order valence-electron chi connectivity index (χ2n) is 5.98. The highest BCUT2D eigenvalue weighted by Gasteiger charge is 2.22. The minimum Gasteiger partial charge on any atom is -0.462 e. The lowest BCUT2D eigenvalue weighted by Gasteiger charge is -2.07. The summed E-state index contributed by atoms with van der Waals surface area (Å²) in [7, 11) is 0. The van der Waals surface area contributed by atoms with Crippen molar-refractivity contribution in [1.29, 1.82) is 0 Å². The summed E-state index contributed by atoms with van der Waals surface area (Å²) in [5, 5.41) is 3.24. The van der Waals surface area contributed by atoms with Crippen LogP contribution in [0.15, 0.2) is 71.3 Å². The number of hydrogen-bond donors (Lipinski definition) is 1. The zero-order valence-corrected chi connectivity index (χ0v) is 15.2. The summed E-state index contributed by atoms with van der Waals surface area (Å²) < 4.78 is 19.5. The van der Waals surface area contributed by atoms with Crippen LogP contribution in [-0.2, 0) is 0 Å². The SMILES string of the molecule is Cc1ccc(NC(=O)c2sc(-c3ccco3)nc2-c2ccccc2)c(F)c1. The number of nitrogens with one attached hydrogen (secondary N) is 1. The molecule has 134 valence electrons. The zero-order valence-electron chi connectivity index (χ0n) is 14.4. The van der Waals surface area contributed by atoms with Crippen molar-refractivity contribution in [2.75, 3.05) is 5.32 Å². The fourth-order valence-corrected chi connectivity index (χ4v) is 3.62. The first-order valence-electron chi connectivity index (χ1n) is 8.29. The molecule has 6 heteroatoms. The van der Waals surface area contributed by atoms with Gasteiger partial charge < -0.3 is 9.73 Å². The lowest BCUT2D eigenvalue weighted by Crippen LogP contribution is -2.12. The first-order valence-corrected chi connectivity index (χ1v) is 9.11. The van der Waals surface area contributed by atoms with Crippen LogP contribution in [0.5, 0.6) is 0 Å². The minimum atomic E-state index is -0.472. The molecule has 0 radical (unpaired) electrons. The molecule has 1 amide bonds. The number of rotatable bonds is 4. The predicted octanol–water partition coefficient (Wildman–Crippen LogP) is 5.77. The summed E-state index contributed by atoms with van der Waals surface area (Å²) in [5.74, 6) is -0.301. The Morgan fingerprint density at radius 1 is 1.11 bits per heavy atom. The molecular weight excluding hydrogens is 363 g/mol. The van der Waals surface area contributed by atoms with E-state index in [1.807, 2.05) is 30.3 Å². The largest absolute Gasteiger partial charge is 0.462 e. The third-order valence-corrected chi connectivity index (χ3v) is 5.05. The molecule has 0 saturated carbocycles. The van der Waals surface area contributed by atoms with Crippen LogP contribution in [0.3, 0.4) is 0 Å². The van der Waals surface area contributed by atoms with E-state index in [4.69, 9.17) is 4.42 Å². The molecule has 0 aliphatic rings. The first-order chi connectivity index (χ1) is 13.1. The number of halogens is 1. The number of thiazole rings is 1. The molecule has 0 aliphatic heterocycles. The Hall–Kier alpha value is -3.25. The van der Waals surface area contributed by atoms with Crippen LogP contribution in [0.2, 0.25) is 0 Å². The number of carbonyl (C=O) groups is 1. The topological polar surface area (TPSA) is 55.1 Å². The average Bonchev–Trinajstić information content (AvgIpc) is 3.34. The molecule has 0 aliphatic carbocycles. The van der Waals surface area contributed by atoms with E-state index in [-0.39, 0.29) is 5.69 Å². The molecule has 0 spiro atoms. The molecule has 4 nitrogen and oxygen atoms in total. The predicted molar refractivity (Wildman–Crippen MR) is 104 cm³/mol. The van der Waals surface area contributed by atoms with Gasteiger partial charge in [-0.2, -0.15) is 0 Å². The van der Waals surface area contributed by atoms with Crippen molar-refractivity contribution in [2.45, 2.75) is 6.92 Å². The normalized spacial score (nSPS) is 10.7. The third kappa shape index (κ3) is 3.52. The highest BCUT2D eigenvalue weighted by atomic mass is 32.1. The molecule has 2 aromatic carbocycles. The van der Waals surface area contributed by atoms with Gasteiger partial charge >= 0.3 is 0 Å². The second kappa shape index (κ2) is 7.17. The van der Waals surface area contributed by atoms with Gasteiger partial charge in [0.05, 0.1) is 17.6 Å². The highest BCUT2D eigenvalue weighted by Crippen LogP contribution is 2.34. The molecule has 2 heterocycles. The van der Waals surface area contributed by atoms with E-state index in [2.05, 4.69) is 10.3 Å². The first kappa shape index (κ1) is 17.2. The van der Waals surface area contributed by atoms with Gasteiger partial charge in [-0.3, -0.25) is 4.79 Å². The Morgan fingerprint density at radius 2 is 1.93 bits per heavy atom. The van der Waals surface area contributed by atoms with Gasteiger partial charge in [-0.25, -0.2) is 9.37 Å². The average molecular weight is 378 g/mol. The Kier molecular flexibility index (Phi) is 4.56. The summed E-state index contributed by atoms with van der Waals surface area (Å²) in [6.07, 6.45) is 1.56. The summed E-state index contributed by atoms with van der Waals surface area (Å²) in [6.45, 7) is 1.79. The summed E-state index contributed by atoms with van der Waals surface area (Å²) in [4.78, 5) is 17.9. The van der Waals surface area contributed by atoms with E-state index >= 15 is 0 Å². The van der Waals surface area contributed by atoms with Gasteiger partial charge in [0.1, 0.15) is 10.7 Å². The molecule has 1 N–H and O–H groups in total. The van der Waals surface area contributed by atoms with Gasteiger partial charge in [0.15, 0.2) is 10.8 Å². The summed E-state index contributed by atoms with van der Waals surface area (Å²) >= 11 is 1.21. The van der Waals surface area contributed by atoms with Gasteiger partial charge in [-0.1, -0.05) is 36.4 Å². The van der Waals surface area contributed by atoms with Gasteiger partial charge in [0, 0.05) is 5.56 Å². The number of aromatic nitrogens is 1. The number of benzene rings is 2. The number of furan rings is 1. The Bertz CT molecular complexity index is 1090.